The van der Waals surface area contributed by atoms with Gasteiger partial charge in [-0.2, -0.15) is 0 Å². The molecule has 6 heteroatoms. The second-order valence-electron chi connectivity index (χ2n) is 2.83. The molecule has 6 nitrogen and oxygen atoms in total. The van der Waals surface area contributed by atoms with Crippen molar-refractivity contribution >= 4 is 11.7 Å². The van der Waals surface area contributed by atoms with Crippen molar-refractivity contribution in [2.24, 2.45) is 0 Å². The number of aliphatic carboxylic acids is 1. The van der Waals surface area contributed by atoms with E-state index in [9.17, 15) is 4.79 Å². The fourth-order valence-electron chi connectivity index (χ4n) is 1.22. The van der Waals surface area contributed by atoms with Gasteiger partial charge in [-0.1, -0.05) is 0 Å². The number of ether oxygens (including phenoxy) is 2. The summed E-state index contributed by atoms with van der Waals surface area (Å²) in [6.45, 7) is 0. The number of hydrogen-bond donors (Lipinski definition) is 2. The highest BCUT2D eigenvalue weighted by Gasteiger charge is 2.28. The molecule has 0 spiro atoms. The summed E-state index contributed by atoms with van der Waals surface area (Å²) in [4.78, 5) is 13.8. The molecule has 0 aromatic heterocycles. The summed E-state index contributed by atoms with van der Waals surface area (Å²) >= 11 is 0. The molecule has 1 rings (SSSR count). The molecule has 2 N–H and O–H groups in total. The molecule has 0 unspecified atom stereocenters. The molecule has 0 fully saturated rings. The fraction of sp³-hybridized carbons (Fsp3) is 0.200. The SMILES string of the molecule is COc1ccc(OC)c(C(=[N+]=N)C(=O)O)c1. The Morgan fingerprint density at radius 1 is 1.38 bits per heavy atom. The smallest absolute Gasteiger partial charge is 0.459 e. The van der Waals surface area contributed by atoms with Crippen molar-refractivity contribution in [1.82, 2.24) is 0 Å². The number of carboxylic acids is 1. The molecule has 0 amide bonds. The summed E-state index contributed by atoms with van der Waals surface area (Å²) in [6, 6.07) is 4.65. The first-order valence-corrected chi connectivity index (χ1v) is 4.34. The van der Waals surface area contributed by atoms with E-state index >= 15 is 0 Å². The van der Waals surface area contributed by atoms with Crippen LogP contribution in [0, 0.1) is 5.53 Å². The Labute approximate surface area is 91.7 Å². The van der Waals surface area contributed by atoms with Crippen LogP contribution in [0.1, 0.15) is 5.56 Å². The molecule has 1 aromatic rings. The molecule has 84 valence electrons. The van der Waals surface area contributed by atoms with Gasteiger partial charge in [-0.3, -0.25) is 0 Å². The standard InChI is InChI=1S/C10H10N2O4/c1-15-6-3-4-8(16-2)7(5-6)9(12-11)10(13)14/h3-5,11H,1-2H3/p+1. The highest BCUT2D eigenvalue weighted by Crippen LogP contribution is 2.24. The first-order chi connectivity index (χ1) is 7.63. The van der Waals surface area contributed by atoms with Gasteiger partial charge in [0.25, 0.3) is 0 Å². The van der Waals surface area contributed by atoms with E-state index in [-0.39, 0.29) is 5.56 Å². The van der Waals surface area contributed by atoms with Crippen molar-refractivity contribution < 1.29 is 24.2 Å². The maximum absolute atomic E-state index is 10.9. The van der Waals surface area contributed by atoms with Gasteiger partial charge in [-0.15, -0.1) is 0 Å². The summed E-state index contributed by atoms with van der Waals surface area (Å²) in [5, 5.41) is 8.86. The van der Waals surface area contributed by atoms with E-state index < -0.39 is 11.7 Å². The lowest BCUT2D eigenvalue weighted by Crippen LogP contribution is -2.16. The Bertz CT molecular complexity index is 464. The lowest BCUT2D eigenvalue weighted by Gasteiger charge is -2.05. The quantitative estimate of drug-likeness (QED) is 0.449. The van der Waals surface area contributed by atoms with E-state index in [0.717, 1.165) is 0 Å². The first-order valence-electron chi connectivity index (χ1n) is 4.34. The minimum atomic E-state index is -1.29. The molecule has 0 aliphatic heterocycles. The van der Waals surface area contributed by atoms with Crippen molar-refractivity contribution in [3.8, 4) is 11.5 Å². The number of methoxy groups -OCH3 is 2. The molecule has 0 atom stereocenters. The van der Waals surface area contributed by atoms with Crippen molar-refractivity contribution in [2.75, 3.05) is 14.2 Å². The molecule has 0 saturated carbocycles. The van der Waals surface area contributed by atoms with Crippen LogP contribution in [0.2, 0.25) is 0 Å². The van der Waals surface area contributed by atoms with E-state index in [4.69, 9.17) is 20.1 Å². The molecule has 0 bridgehead atoms. The maximum atomic E-state index is 10.9. The zero-order valence-electron chi connectivity index (χ0n) is 8.85. The predicted octanol–water partition coefficient (Wildman–Crippen LogP) is 0.817. The summed E-state index contributed by atoms with van der Waals surface area (Å²) in [5.74, 6) is -0.492. The van der Waals surface area contributed by atoms with Gasteiger partial charge in [0.15, 0.2) is 0 Å². The van der Waals surface area contributed by atoms with Crippen LogP contribution in [0.3, 0.4) is 0 Å². The van der Waals surface area contributed by atoms with Crippen molar-refractivity contribution in [3.63, 3.8) is 0 Å². The minimum Gasteiger partial charge on any atom is -0.497 e. The first kappa shape index (κ1) is 11.7. The van der Waals surface area contributed by atoms with Gasteiger partial charge in [-0.05, 0) is 18.2 Å². The maximum Gasteiger partial charge on any atom is 0.459 e. The number of hydrogen-bond acceptors (Lipinski definition) is 4. The average Bonchev–Trinajstić information content (AvgIpc) is 2.29. The highest BCUT2D eigenvalue weighted by molar-refractivity contribution is 6.40. The Balaban J connectivity index is 3.39. The van der Waals surface area contributed by atoms with Gasteiger partial charge in [0, 0.05) is 0 Å². The van der Waals surface area contributed by atoms with Crippen LogP contribution in [-0.4, -0.2) is 35.8 Å². The van der Waals surface area contributed by atoms with Gasteiger partial charge in [-0.25, -0.2) is 4.79 Å². The Morgan fingerprint density at radius 2 is 2.06 bits per heavy atom. The molecule has 0 aliphatic rings. The predicted molar refractivity (Wildman–Crippen MR) is 54.3 cm³/mol. The number of rotatable bonds is 4. The van der Waals surface area contributed by atoms with Crippen molar-refractivity contribution in [2.45, 2.75) is 0 Å². The largest absolute Gasteiger partial charge is 0.497 e. The number of carboxylic acid groups (broad SMARTS) is 1. The fourth-order valence-corrected chi connectivity index (χ4v) is 1.22. The topological polar surface area (TPSA) is 93.7 Å². The molecular formula is C10H11N2O4+. The third-order valence-electron chi connectivity index (χ3n) is 1.98. The van der Waals surface area contributed by atoms with Gasteiger partial charge < -0.3 is 14.6 Å². The van der Waals surface area contributed by atoms with Crippen LogP contribution in [0.15, 0.2) is 18.2 Å². The van der Waals surface area contributed by atoms with Crippen LogP contribution < -0.4 is 9.47 Å². The second-order valence-corrected chi connectivity index (χ2v) is 2.83. The monoisotopic (exact) mass is 223 g/mol. The van der Waals surface area contributed by atoms with Crippen molar-refractivity contribution in [1.29, 1.82) is 5.53 Å². The molecular weight excluding hydrogens is 212 g/mol. The van der Waals surface area contributed by atoms with Crippen LogP contribution >= 0.6 is 0 Å². The Kier molecular flexibility index (Phi) is 3.63. The Morgan fingerprint density at radius 3 is 2.50 bits per heavy atom. The van der Waals surface area contributed by atoms with E-state index in [0.29, 0.717) is 11.5 Å². The molecule has 0 radical (unpaired) electrons. The number of nitrogens with one attached hydrogen (secondary N) is 1. The molecule has 16 heavy (non-hydrogen) atoms. The van der Waals surface area contributed by atoms with Gasteiger partial charge in [0.05, 0.1) is 24.5 Å². The van der Waals surface area contributed by atoms with Crippen LogP contribution in [-0.2, 0) is 4.79 Å². The molecule has 0 saturated heterocycles. The lowest BCUT2D eigenvalue weighted by atomic mass is 10.1. The second kappa shape index (κ2) is 4.95. The molecule has 0 heterocycles. The number of benzene rings is 1. The van der Waals surface area contributed by atoms with E-state index in [1.54, 1.807) is 12.1 Å². The number of carbonyl (C=O) groups is 1. The molecule has 0 aliphatic carbocycles. The van der Waals surface area contributed by atoms with E-state index in [1.165, 1.54) is 20.3 Å². The average molecular weight is 223 g/mol. The van der Waals surface area contributed by atoms with Crippen LogP contribution in [0.25, 0.3) is 0 Å². The third kappa shape index (κ3) is 2.18. The number of nitrogens with zero attached hydrogens (tertiary/aromatic N) is 1. The molecule has 1 aromatic carbocycles. The summed E-state index contributed by atoms with van der Waals surface area (Å²) < 4.78 is 9.96. The zero-order valence-corrected chi connectivity index (χ0v) is 8.85. The normalized spacial score (nSPS) is 9.12. The summed E-state index contributed by atoms with van der Waals surface area (Å²) in [6.07, 6.45) is 0. The lowest BCUT2D eigenvalue weighted by molar-refractivity contribution is -0.147. The van der Waals surface area contributed by atoms with Crippen LogP contribution in [0.5, 0.6) is 11.5 Å². The Hall–Kier alpha value is -2.33. The minimum absolute atomic E-state index is 0.212. The van der Waals surface area contributed by atoms with Gasteiger partial charge in [0.2, 0.25) is 0 Å². The van der Waals surface area contributed by atoms with E-state index in [1.807, 2.05) is 0 Å². The van der Waals surface area contributed by atoms with Crippen molar-refractivity contribution in [3.05, 3.63) is 23.8 Å². The summed E-state index contributed by atoms with van der Waals surface area (Å²) in [7, 11) is 2.87. The summed E-state index contributed by atoms with van der Waals surface area (Å²) in [5.41, 5.74) is 6.66. The zero-order chi connectivity index (χ0) is 12.1. The highest BCUT2D eigenvalue weighted by atomic mass is 16.5. The third-order valence-corrected chi connectivity index (χ3v) is 1.98. The van der Waals surface area contributed by atoms with Gasteiger partial charge in [0.1, 0.15) is 17.1 Å². The van der Waals surface area contributed by atoms with Gasteiger partial charge >= 0.3 is 11.7 Å². The van der Waals surface area contributed by atoms with Crippen LogP contribution in [0.4, 0.5) is 0 Å². The van der Waals surface area contributed by atoms with E-state index in [2.05, 4.69) is 4.79 Å².